The molecule has 1 rings (SSSR count). The maximum Gasteiger partial charge on any atom is 0.264 e. The Morgan fingerprint density at radius 2 is 1.81 bits per heavy atom. The minimum atomic E-state index is -3.80. The van der Waals surface area contributed by atoms with Crippen molar-refractivity contribution in [2.24, 2.45) is 0 Å². The fraction of sp³-hybridized carbons (Fsp3) is 0.455. The maximum absolute atomic E-state index is 10.4. The molecule has 0 saturated carbocycles. The molecule has 0 radical (unpaired) electrons. The summed E-state index contributed by atoms with van der Waals surface area (Å²) < 4.78 is 29.3. The minimum absolute atomic E-state index is 0.175. The molecule has 0 aliphatic rings. The predicted molar refractivity (Wildman–Crippen MR) is 64.0 cm³/mol. The van der Waals surface area contributed by atoms with Crippen LogP contribution in [0.2, 0.25) is 0 Å². The normalized spacial score (nSPS) is 11.6. The summed E-state index contributed by atoms with van der Waals surface area (Å²) in [6, 6.07) is 10.1. The molecule has 4 nitrogen and oxygen atoms in total. The molecule has 0 fully saturated rings. The van der Waals surface area contributed by atoms with Gasteiger partial charge in [-0.3, -0.25) is 4.55 Å². The first-order chi connectivity index (χ1) is 7.58. The maximum atomic E-state index is 10.4. The number of benzene rings is 1. The molecule has 0 aromatic heterocycles. The smallest absolute Gasteiger partial charge is 0.264 e. The summed E-state index contributed by atoms with van der Waals surface area (Å²) in [7, 11) is -3.80. The Kier molecular flexibility index (Phi) is 5.45. The van der Waals surface area contributed by atoms with Crippen LogP contribution in [0, 0.1) is 0 Å². The summed E-state index contributed by atoms with van der Waals surface area (Å²) in [5, 5.41) is 3.13. The molecule has 0 aliphatic carbocycles. The van der Waals surface area contributed by atoms with Crippen LogP contribution in [-0.4, -0.2) is 31.8 Å². The van der Waals surface area contributed by atoms with Gasteiger partial charge in [0.1, 0.15) is 0 Å². The van der Waals surface area contributed by atoms with Gasteiger partial charge in [-0.1, -0.05) is 30.3 Å². The Hall–Kier alpha value is -0.910. The first kappa shape index (κ1) is 13.2. The van der Waals surface area contributed by atoms with E-state index in [-0.39, 0.29) is 5.75 Å². The molecule has 1 aromatic carbocycles. The molecule has 0 aliphatic heterocycles. The molecule has 0 unspecified atom stereocenters. The van der Waals surface area contributed by atoms with Crippen LogP contribution in [-0.2, 0) is 16.5 Å². The van der Waals surface area contributed by atoms with E-state index in [9.17, 15) is 8.42 Å². The van der Waals surface area contributed by atoms with E-state index in [1.165, 1.54) is 5.56 Å². The van der Waals surface area contributed by atoms with Crippen LogP contribution in [0.15, 0.2) is 30.3 Å². The van der Waals surface area contributed by atoms with Crippen LogP contribution < -0.4 is 5.32 Å². The Bertz CT molecular complexity index is 389. The zero-order valence-electron chi connectivity index (χ0n) is 9.09. The van der Waals surface area contributed by atoms with Crippen LogP contribution in [0.1, 0.15) is 12.0 Å². The third-order valence-electron chi connectivity index (χ3n) is 2.19. The molecule has 0 amide bonds. The van der Waals surface area contributed by atoms with Crippen LogP contribution >= 0.6 is 0 Å². The Balaban J connectivity index is 2.05. The van der Waals surface area contributed by atoms with E-state index in [4.69, 9.17) is 4.55 Å². The quantitative estimate of drug-likeness (QED) is 0.556. The first-order valence-electron chi connectivity index (χ1n) is 5.28. The van der Waals surface area contributed by atoms with Crippen LogP contribution in [0.5, 0.6) is 0 Å². The Morgan fingerprint density at radius 3 is 2.44 bits per heavy atom. The van der Waals surface area contributed by atoms with Gasteiger partial charge in [-0.2, -0.15) is 8.42 Å². The molecule has 16 heavy (non-hydrogen) atoms. The van der Waals surface area contributed by atoms with Gasteiger partial charge in [0.15, 0.2) is 0 Å². The van der Waals surface area contributed by atoms with Crippen molar-refractivity contribution in [3.63, 3.8) is 0 Å². The van der Waals surface area contributed by atoms with Crippen molar-refractivity contribution in [3.8, 4) is 0 Å². The molecular formula is C11H17NO3S. The molecule has 0 heterocycles. The van der Waals surface area contributed by atoms with Crippen molar-refractivity contribution >= 4 is 10.1 Å². The van der Waals surface area contributed by atoms with Crippen molar-refractivity contribution in [2.75, 3.05) is 18.8 Å². The molecule has 5 heteroatoms. The molecular weight excluding hydrogens is 226 g/mol. The second kappa shape index (κ2) is 6.62. The number of rotatable bonds is 7. The lowest BCUT2D eigenvalue weighted by atomic mass is 10.1. The largest absolute Gasteiger partial charge is 0.316 e. The lowest BCUT2D eigenvalue weighted by Gasteiger charge is -2.03. The van der Waals surface area contributed by atoms with Crippen molar-refractivity contribution in [2.45, 2.75) is 12.8 Å². The molecule has 0 spiro atoms. The summed E-state index contributed by atoms with van der Waals surface area (Å²) in [4.78, 5) is 0. The van der Waals surface area contributed by atoms with E-state index in [0.717, 1.165) is 13.0 Å². The lowest BCUT2D eigenvalue weighted by Crippen LogP contribution is -2.20. The van der Waals surface area contributed by atoms with Gasteiger partial charge >= 0.3 is 0 Å². The fourth-order valence-electron chi connectivity index (χ4n) is 1.38. The predicted octanol–water partition coefficient (Wildman–Crippen LogP) is 1.10. The molecule has 1 aromatic rings. The number of hydrogen-bond donors (Lipinski definition) is 2. The van der Waals surface area contributed by atoms with E-state index < -0.39 is 10.1 Å². The van der Waals surface area contributed by atoms with E-state index >= 15 is 0 Å². The highest BCUT2D eigenvalue weighted by atomic mass is 32.2. The zero-order valence-corrected chi connectivity index (χ0v) is 9.91. The second-order valence-corrected chi connectivity index (χ2v) is 5.20. The van der Waals surface area contributed by atoms with Gasteiger partial charge in [-0.15, -0.1) is 0 Å². The summed E-state index contributed by atoms with van der Waals surface area (Å²) in [6.45, 7) is 1.42. The zero-order chi connectivity index (χ0) is 11.9. The monoisotopic (exact) mass is 243 g/mol. The van der Waals surface area contributed by atoms with Crippen LogP contribution in [0.3, 0.4) is 0 Å². The third kappa shape index (κ3) is 6.55. The summed E-state index contributed by atoms with van der Waals surface area (Å²) in [6.07, 6.45) is 1.36. The average Bonchev–Trinajstić information content (AvgIpc) is 2.23. The highest BCUT2D eigenvalue weighted by Crippen LogP contribution is 1.98. The van der Waals surface area contributed by atoms with E-state index in [2.05, 4.69) is 17.4 Å². The van der Waals surface area contributed by atoms with E-state index in [1.807, 2.05) is 18.2 Å². The second-order valence-electron chi connectivity index (χ2n) is 3.63. The van der Waals surface area contributed by atoms with Gasteiger partial charge in [-0.25, -0.2) is 0 Å². The van der Waals surface area contributed by atoms with Crippen LogP contribution in [0.25, 0.3) is 0 Å². The van der Waals surface area contributed by atoms with Gasteiger partial charge in [0.05, 0.1) is 5.75 Å². The van der Waals surface area contributed by atoms with Crippen molar-refractivity contribution in [1.29, 1.82) is 0 Å². The minimum Gasteiger partial charge on any atom is -0.316 e. The standard InChI is InChI=1S/C11H17NO3S/c13-16(14,15)10-4-8-12-9-7-11-5-2-1-3-6-11/h1-3,5-6,12H,4,7-10H2,(H,13,14,15). The SMILES string of the molecule is O=S(=O)(O)CCCNCCc1ccccc1. The van der Waals surface area contributed by atoms with Gasteiger partial charge in [0.2, 0.25) is 0 Å². The molecule has 90 valence electrons. The van der Waals surface area contributed by atoms with E-state index in [1.54, 1.807) is 0 Å². The molecule has 0 atom stereocenters. The van der Waals surface area contributed by atoms with E-state index in [0.29, 0.717) is 13.0 Å². The van der Waals surface area contributed by atoms with Gasteiger partial charge in [0.25, 0.3) is 10.1 Å². The van der Waals surface area contributed by atoms with Crippen molar-refractivity contribution in [1.82, 2.24) is 5.32 Å². The van der Waals surface area contributed by atoms with Gasteiger partial charge in [0, 0.05) is 0 Å². The topological polar surface area (TPSA) is 66.4 Å². The molecule has 2 N–H and O–H groups in total. The van der Waals surface area contributed by atoms with Gasteiger partial charge < -0.3 is 5.32 Å². The highest BCUT2D eigenvalue weighted by Gasteiger charge is 2.02. The lowest BCUT2D eigenvalue weighted by molar-refractivity contribution is 0.479. The third-order valence-corrected chi connectivity index (χ3v) is 2.99. The Morgan fingerprint density at radius 1 is 1.12 bits per heavy atom. The first-order valence-corrected chi connectivity index (χ1v) is 6.89. The summed E-state index contributed by atoms with van der Waals surface area (Å²) in [5.74, 6) is -0.175. The Labute approximate surface area is 96.4 Å². The summed E-state index contributed by atoms with van der Waals surface area (Å²) in [5.41, 5.74) is 1.25. The summed E-state index contributed by atoms with van der Waals surface area (Å²) >= 11 is 0. The molecule has 0 saturated heterocycles. The average molecular weight is 243 g/mol. The fourth-order valence-corrected chi connectivity index (χ4v) is 1.89. The van der Waals surface area contributed by atoms with Crippen molar-refractivity contribution in [3.05, 3.63) is 35.9 Å². The highest BCUT2D eigenvalue weighted by molar-refractivity contribution is 7.85. The molecule has 0 bridgehead atoms. The van der Waals surface area contributed by atoms with Crippen LogP contribution in [0.4, 0.5) is 0 Å². The number of hydrogen-bond acceptors (Lipinski definition) is 3. The van der Waals surface area contributed by atoms with Crippen molar-refractivity contribution < 1.29 is 13.0 Å². The number of nitrogens with one attached hydrogen (secondary N) is 1. The van der Waals surface area contributed by atoms with Gasteiger partial charge in [-0.05, 0) is 31.5 Å².